The van der Waals surface area contributed by atoms with Gasteiger partial charge in [-0.05, 0) is 25.1 Å². The van der Waals surface area contributed by atoms with Gasteiger partial charge in [-0.3, -0.25) is 9.59 Å². The predicted molar refractivity (Wildman–Crippen MR) is 88.2 cm³/mol. The van der Waals surface area contributed by atoms with Crippen LogP contribution in [0.5, 0.6) is 0 Å². The van der Waals surface area contributed by atoms with E-state index >= 15 is 0 Å². The van der Waals surface area contributed by atoms with E-state index in [9.17, 15) is 14.4 Å². The van der Waals surface area contributed by atoms with Gasteiger partial charge in [0.25, 0.3) is 11.8 Å². The Morgan fingerprint density at radius 3 is 2.24 bits per heavy atom. The molecule has 124 valence electrons. The summed E-state index contributed by atoms with van der Waals surface area (Å²) >= 11 is 0. The summed E-state index contributed by atoms with van der Waals surface area (Å²) in [5.41, 5.74) is 1.85. The van der Waals surface area contributed by atoms with Crippen LogP contribution < -0.4 is 0 Å². The summed E-state index contributed by atoms with van der Waals surface area (Å²) in [6, 6.07) is 13.7. The number of furan rings is 1. The third kappa shape index (κ3) is 2.30. The maximum Gasteiger partial charge on any atom is 0.376 e. The monoisotopic (exact) mass is 335 g/mol. The van der Waals surface area contributed by atoms with Gasteiger partial charge in [0.15, 0.2) is 6.73 Å². The average molecular weight is 335 g/mol. The number of ether oxygens (including phenoxy) is 1. The number of amides is 2. The minimum atomic E-state index is -0.717. The zero-order chi connectivity index (χ0) is 17.6. The van der Waals surface area contributed by atoms with Crippen LogP contribution in [-0.4, -0.2) is 29.4 Å². The standard InChI is InChI=1S/C19H13NO5/c1-11-12-6-4-5-9-15(12)25-16(11)19(23)24-10-20-17(21)13-7-2-3-8-14(13)18(20)22/h2-9H,10H2,1H3. The Bertz CT molecular complexity index is 998. The molecule has 0 aliphatic carbocycles. The molecule has 2 aromatic carbocycles. The molecule has 0 N–H and O–H groups in total. The van der Waals surface area contributed by atoms with E-state index in [4.69, 9.17) is 9.15 Å². The Balaban J connectivity index is 1.54. The molecule has 1 aliphatic rings. The van der Waals surface area contributed by atoms with Gasteiger partial charge in [-0.1, -0.05) is 30.3 Å². The number of esters is 1. The Labute approximate surface area is 142 Å². The molecule has 25 heavy (non-hydrogen) atoms. The molecule has 0 bridgehead atoms. The van der Waals surface area contributed by atoms with Gasteiger partial charge in [-0.15, -0.1) is 0 Å². The van der Waals surface area contributed by atoms with E-state index in [1.165, 1.54) is 0 Å². The average Bonchev–Trinajstić information content (AvgIpc) is 3.09. The van der Waals surface area contributed by atoms with Crippen LogP contribution in [0.25, 0.3) is 11.0 Å². The van der Waals surface area contributed by atoms with Gasteiger partial charge in [-0.2, -0.15) is 0 Å². The number of fused-ring (bicyclic) bond motifs is 2. The third-order valence-corrected chi connectivity index (χ3v) is 4.23. The lowest BCUT2D eigenvalue weighted by atomic mass is 10.1. The molecule has 0 radical (unpaired) electrons. The highest BCUT2D eigenvalue weighted by molar-refractivity contribution is 6.21. The van der Waals surface area contributed by atoms with Gasteiger partial charge in [-0.25, -0.2) is 9.69 Å². The van der Waals surface area contributed by atoms with E-state index in [2.05, 4.69) is 0 Å². The van der Waals surface area contributed by atoms with Crippen LogP contribution in [0.4, 0.5) is 0 Å². The molecule has 0 spiro atoms. The minimum Gasteiger partial charge on any atom is -0.449 e. The lowest BCUT2D eigenvalue weighted by molar-refractivity contribution is 0.0205. The van der Waals surface area contributed by atoms with E-state index in [0.29, 0.717) is 22.3 Å². The minimum absolute atomic E-state index is 0.0674. The maximum absolute atomic E-state index is 12.3. The van der Waals surface area contributed by atoms with Crippen molar-refractivity contribution in [2.24, 2.45) is 0 Å². The molecule has 1 aliphatic heterocycles. The summed E-state index contributed by atoms with van der Waals surface area (Å²) in [6.07, 6.45) is 0. The van der Waals surface area contributed by atoms with Gasteiger partial charge in [0, 0.05) is 10.9 Å². The maximum atomic E-state index is 12.3. The second-order valence-corrected chi connectivity index (χ2v) is 5.70. The van der Waals surface area contributed by atoms with E-state index < -0.39 is 24.5 Å². The predicted octanol–water partition coefficient (Wildman–Crippen LogP) is 3.15. The van der Waals surface area contributed by atoms with Crippen LogP contribution in [0.3, 0.4) is 0 Å². The number of carbonyl (C=O) groups excluding carboxylic acids is 3. The van der Waals surface area contributed by atoms with Crippen LogP contribution in [-0.2, 0) is 4.74 Å². The van der Waals surface area contributed by atoms with Crippen molar-refractivity contribution < 1.29 is 23.5 Å². The second kappa shape index (κ2) is 5.59. The zero-order valence-corrected chi connectivity index (χ0v) is 13.3. The van der Waals surface area contributed by atoms with Crippen molar-refractivity contribution in [1.82, 2.24) is 4.90 Å². The Morgan fingerprint density at radius 1 is 1.00 bits per heavy atom. The summed E-state index contributed by atoms with van der Waals surface area (Å²) < 4.78 is 10.7. The second-order valence-electron chi connectivity index (χ2n) is 5.70. The van der Waals surface area contributed by atoms with Crippen LogP contribution >= 0.6 is 0 Å². The first-order valence-electron chi connectivity index (χ1n) is 7.68. The van der Waals surface area contributed by atoms with Gasteiger partial charge >= 0.3 is 5.97 Å². The normalized spacial score (nSPS) is 13.4. The number of rotatable bonds is 3. The Morgan fingerprint density at radius 2 is 1.60 bits per heavy atom. The van der Waals surface area contributed by atoms with Gasteiger partial charge in [0.2, 0.25) is 5.76 Å². The molecular formula is C19H13NO5. The Hall–Kier alpha value is -3.41. The molecule has 3 aromatic rings. The highest BCUT2D eigenvalue weighted by Gasteiger charge is 2.36. The number of imide groups is 1. The number of para-hydroxylation sites is 1. The molecule has 0 atom stereocenters. The molecule has 0 unspecified atom stereocenters. The molecule has 0 fully saturated rings. The molecule has 6 nitrogen and oxygen atoms in total. The number of nitrogens with zero attached hydrogens (tertiary/aromatic N) is 1. The van der Waals surface area contributed by atoms with E-state index in [-0.39, 0.29) is 5.76 Å². The van der Waals surface area contributed by atoms with Crippen molar-refractivity contribution >= 4 is 28.8 Å². The van der Waals surface area contributed by atoms with Crippen LogP contribution in [0, 0.1) is 6.92 Å². The number of hydrogen-bond acceptors (Lipinski definition) is 5. The van der Waals surface area contributed by atoms with Gasteiger partial charge < -0.3 is 9.15 Å². The fourth-order valence-electron chi connectivity index (χ4n) is 2.91. The van der Waals surface area contributed by atoms with Crippen molar-refractivity contribution in [3.05, 3.63) is 71.0 Å². The first-order valence-corrected chi connectivity index (χ1v) is 7.68. The summed E-state index contributed by atoms with van der Waals surface area (Å²) in [5.74, 6) is -1.60. The van der Waals surface area contributed by atoms with Crippen molar-refractivity contribution in [3.8, 4) is 0 Å². The highest BCUT2D eigenvalue weighted by Crippen LogP contribution is 2.26. The van der Waals surface area contributed by atoms with E-state index in [1.54, 1.807) is 43.3 Å². The highest BCUT2D eigenvalue weighted by atomic mass is 16.6. The van der Waals surface area contributed by atoms with Crippen molar-refractivity contribution in [3.63, 3.8) is 0 Å². The molecule has 2 heterocycles. The largest absolute Gasteiger partial charge is 0.449 e. The number of carbonyl (C=O) groups is 3. The molecule has 0 saturated carbocycles. The van der Waals surface area contributed by atoms with E-state index in [0.717, 1.165) is 10.3 Å². The van der Waals surface area contributed by atoms with Gasteiger partial charge in [0.1, 0.15) is 5.58 Å². The van der Waals surface area contributed by atoms with Crippen molar-refractivity contribution in [1.29, 1.82) is 0 Å². The lowest BCUT2D eigenvalue weighted by Crippen LogP contribution is -2.33. The van der Waals surface area contributed by atoms with Crippen molar-refractivity contribution in [2.75, 3.05) is 6.73 Å². The smallest absolute Gasteiger partial charge is 0.376 e. The summed E-state index contributed by atoms with van der Waals surface area (Å²) in [5, 5.41) is 0.815. The topological polar surface area (TPSA) is 76.8 Å². The summed E-state index contributed by atoms with van der Waals surface area (Å²) in [6.45, 7) is 1.30. The van der Waals surface area contributed by atoms with Crippen LogP contribution in [0.2, 0.25) is 0 Å². The lowest BCUT2D eigenvalue weighted by Gasteiger charge is -2.13. The summed E-state index contributed by atoms with van der Waals surface area (Å²) in [4.78, 5) is 37.7. The quantitative estimate of drug-likeness (QED) is 0.543. The molecular weight excluding hydrogens is 322 g/mol. The fourth-order valence-corrected chi connectivity index (χ4v) is 2.91. The number of benzene rings is 2. The first-order chi connectivity index (χ1) is 12.1. The number of aryl methyl sites for hydroxylation is 1. The SMILES string of the molecule is Cc1c(C(=O)OCN2C(=O)c3ccccc3C2=O)oc2ccccc12. The molecule has 4 rings (SSSR count). The molecule has 6 heteroatoms. The van der Waals surface area contributed by atoms with Crippen molar-refractivity contribution in [2.45, 2.75) is 6.92 Å². The summed E-state index contributed by atoms with van der Waals surface area (Å²) in [7, 11) is 0. The molecule has 0 saturated heterocycles. The van der Waals surface area contributed by atoms with Crippen LogP contribution in [0.1, 0.15) is 36.8 Å². The molecule has 2 amide bonds. The zero-order valence-electron chi connectivity index (χ0n) is 13.3. The fraction of sp³-hybridized carbons (Fsp3) is 0.105. The number of hydrogen-bond donors (Lipinski definition) is 0. The Kier molecular flexibility index (Phi) is 3.39. The third-order valence-electron chi connectivity index (χ3n) is 4.23. The first kappa shape index (κ1) is 15.1. The van der Waals surface area contributed by atoms with E-state index in [1.807, 2.05) is 12.1 Å². The van der Waals surface area contributed by atoms with Crippen LogP contribution in [0.15, 0.2) is 52.9 Å². The molecule has 1 aromatic heterocycles. The van der Waals surface area contributed by atoms with Gasteiger partial charge in [0.05, 0.1) is 11.1 Å².